The number of hydrogen-bond donors (Lipinski definition) is 1. The fourth-order valence-electron chi connectivity index (χ4n) is 4.94. The monoisotopic (exact) mass is 473 g/mol. The Morgan fingerprint density at radius 3 is 2.44 bits per heavy atom. The van der Waals surface area contributed by atoms with Crippen molar-refractivity contribution in [1.82, 2.24) is 4.90 Å². The third-order valence-electron chi connectivity index (χ3n) is 6.84. The number of halogens is 1. The summed E-state index contributed by atoms with van der Waals surface area (Å²) in [6, 6.07) is 22.6. The maximum Gasteiger partial charge on any atom is 0.219 e. The zero-order chi connectivity index (χ0) is 23.7. The van der Waals surface area contributed by atoms with Crippen LogP contribution in [-0.4, -0.2) is 47.8 Å². The quantitative estimate of drug-likeness (QED) is 0.527. The van der Waals surface area contributed by atoms with Gasteiger partial charge in [0.2, 0.25) is 5.91 Å². The minimum Gasteiger partial charge on any atom is -0.506 e. The first kappa shape index (κ1) is 22.5. The fourth-order valence-corrected chi connectivity index (χ4v) is 5.14. The van der Waals surface area contributed by atoms with Crippen LogP contribution in [0.4, 0.5) is 11.4 Å². The van der Waals surface area contributed by atoms with Gasteiger partial charge in [-0.05, 0) is 59.9 Å². The third-order valence-corrected chi connectivity index (χ3v) is 7.15. The molecule has 1 unspecified atom stereocenters. The van der Waals surface area contributed by atoms with Crippen LogP contribution < -0.4 is 4.90 Å². The molecular formula is C28H28ClN3O2. The summed E-state index contributed by atoms with van der Waals surface area (Å²) in [7, 11) is 0. The maximum absolute atomic E-state index is 11.6. The smallest absolute Gasteiger partial charge is 0.219 e. The van der Waals surface area contributed by atoms with Crippen LogP contribution in [0, 0.1) is 0 Å². The molecule has 1 amide bonds. The molecule has 3 aromatic carbocycles. The number of aromatic hydroxyl groups is 1. The number of phenolic OH excluding ortho intramolecular Hbond substituents is 1. The molecule has 5 nitrogen and oxygen atoms in total. The SMILES string of the molecule is CC(=O)N1CCN(c2ccc(C3C(CCc4ccc(O)c(Cl)c4)=Nc4ccccc43)cc2)CC1. The van der Waals surface area contributed by atoms with Gasteiger partial charge in [0, 0.05) is 50.4 Å². The Morgan fingerprint density at radius 1 is 1.00 bits per heavy atom. The second-order valence-electron chi connectivity index (χ2n) is 8.97. The van der Waals surface area contributed by atoms with E-state index in [0.29, 0.717) is 5.02 Å². The van der Waals surface area contributed by atoms with E-state index in [1.165, 1.54) is 16.8 Å². The Hall–Kier alpha value is -3.31. The number of rotatable bonds is 5. The topological polar surface area (TPSA) is 56.1 Å². The molecule has 1 N–H and O–H groups in total. The molecule has 1 atom stereocenters. The molecule has 174 valence electrons. The molecule has 2 aliphatic heterocycles. The number of para-hydroxylation sites is 1. The molecular weight excluding hydrogens is 446 g/mol. The van der Waals surface area contributed by atoms with Crippen LogP contribution in [0.1, 0.15) is 36.0 Å². The van der Waals surface area contributed by atoms with Crippen LogP contribution in [0.15, 0.2) is 71.7 Å². The molecule has 1 saturated heterocycles. The largest absolute Gasteiger partial charge is 0.506 e. The first-order chi connectivity index (χ1) is 16.5. The highest BCUT2D eigenvalue weighted by Gasteiger charge is 2.28. The van der Waals surface area contributed by atoms with Gasteiger partial charge in [-0.25, -0.2) is 0 Å². The molecule has 5 rings (SSSR count). The molecule has 34 heavy (non-hydrogen) atoms. The van der Waals surface area contributed by atoms with Crippen LogP contribution in [-0.2, 0) is 11.2 Å². The van der Waals surface area contributed by atoms with Gasteiger partial charge < -0.3 is 14.9 Å². The van der Waals surface area contributed by atoms with Crippen molar-refractivity contribution in [3.8, 4) is 5.75 Å². The Balaban J connectivity index is 1.34. The van der Waals surface area contributed by atoms with Crippen molar-refractivity contribution >= 4 is 34.6 Å². The fraction of sp³-hybridized carbons (Fsp3) is 0.286. The van der Waals surface area contributed by atoms with Gasteiger partial charge in [-0.1, -0.05) is 48.0 Å². The Bertz CT molecular complexity index is 1230. The van der Waals surface area contributed by atoms with Gasteiger partial charge in [0.25, 0.3) is 0 Å². The van der Waals surface area contributed by atoms with Gasteiger partial charge in [0.15, 0.2) is 0 Å². The highest BCUT2D eigenvalue weighted by atomic mass is 35.5. The molecule has 3 aromatic rings. The van der Waals surface area contributed by atoms with Gasteiger partial charge in [0.1, 0.15) is 5.75 Å². The number of nitrogens with zero attached hydrogens (tertiary/aromatic N) is 3. The van der Waals surface area contributed by atoms with Gasteiger partial charge >= 0.3 is 0 Å². The van der Waals surface area contributed by atoms with Crippen LogP contribution in [0.3, 0.4) is 0 Å². The first-order valence-corrected chi connectivity index (χ1v) is 12.1. The molecule has 0 spiro atoms. The Morgan fingerprint density at radius 2 is 1.74 bits per heavy atom. The number of anilines is 1. The summed E-state index contributed by atoms with van der Waals surface area (Å²) in [4.78, 5) is 20.9. The predicted octanol–water partition coefficient (Wildman–Crippen LogP) is 5.56. The van der Waals surface area contributed by atoms with Gasteiger partial charge in [-0.3, -0.25) is 9.79 Å². The van der Waals surface area contributed by atoms with Crippen molar-refractivity contribution in [2.45, 2.75) is 25.7 Å². The molecule has 0 bridgehead atoms. The lowest BCUT2D eigenvalue weighted by molar-refractivity contribution is -0.129. The molecule has 1 fully saturated rings. The average Bonchev–Trinajstić information content (AvgIpc) is 3.23. The number of hydrogen-bond acceptors (Lipinski definition) is 4. The van der Waals surface area contributed by atoms with E-state index < -0.39 is 0 Å². The van der Waals surface area contributed by atoms with Crippen molar-refractivity contribution in [2.24, 2.45) is 4.99 Å². The molecule has 2 aliphatic rings. The summed E-state index contributed by atoms with van der Waals surface area (Å²) >= 11 is 6.11. The zero-order valence-corrected chi connectivity index (χ0v) is 20.0. The van der Waals surface area contributed by atoms with Crippen molar-refractivity contribution in [1.29, 1.82) is 0 Å². The highest BCUT2D eigenvalue weighted by molar-refractivity contribution is 6.32. The van der Waals surface area contributed by atoms with Crippen molar-refractivity contribution in [2.75, 3.05) is 31.1 Å². The molecule has 2 heterocycles. The van der Waals surface area contributed by atoms with Crippen molar-refractivity contribution in [3.05, 3.63) is 88.4 Å². The molecule has 0 saturated carbocycles. The maximum atomic E-state index is 11.6. The number of aryl methyl sites for hydroxylation is 1. The number of amides is 1. The van der Waals surface area contributed by atoms with Crippen molar-refractivity contribution in [3.63, 3.8) is 0 Å². The van der Waals surface area contributed by atoms with Gasteiger partial charge in [-0.15, -0.1) is 0 Å². The van der Waals surface area contributed by atoms with Gasteiger partial charge in [-0.2, -0.15) is 0 Å². The van der Waals surface area contributed by atoms with E-state index in [9.17, 15) is 9.90 Å². The van der Waals surface area contributed by atoms with E-state index in [2.05, 4.69) is 47.4 Å². The van der Waals surface area contributed by atoms with Crippen molar-refractivity contribution < 1.29 is 9.90 Å². The van der Waals surface area contributed by atoms with Crippen LogP contribution in [0.25, 0.3) is 0 Å². The summed E-state index contributed by atoms with van der Waals surface area (Å²) < 4.78 is 0. The normalized spacial score (nSPS) is 17.5. The molecule has 6 heteroatoms. The Labute approximate surface area is 205 Å². The number of benzene rings is 3. The highest BCUT2D eigenvalue weighted by Crippen LogP contribution is 2.41. The first-order valence-electron chi connectivity index (χ1n) is 11.7. The summed E-state index contributed by atoms with van der Waals surface area (Å²) in [5.41, 5.74) is 6.93. The minimum absolute atomic E-state index is 0.108. The third kappa shape index (κ3) is 4.53. The predicted molar refractivity (Wildman–Crippen MR) is 138 cm³/mol. The van der Waals surface area contributed by atoms with E-state index >= 15 is 0 Å². The lowest BCUT2D eigenvalue weighted by Gasteiger charge is -2.35. The van der Waals surface area contributed by atoms with E-state index in [1.54, 1.807) is 13.0 Å². The second kappa shape index (κ2) is 9.51. The summed E-state index contributed by atoms with van der Waals surface area (Å²) in [6.07, 6.45) is 1.62. The van der Waals surface area contributed by atoms with Crippen LogP contribution in [0.2, 0.25) is 5.02 Å². The number of carbonyl (C=O) groups is 1. The molecule has 0 aromatic heterocycles. The van der Waals surface area contributed by atoms with E-state index in [1.807, 2.05) is 23.1 Å². The van der Waals surface area contributed by atoms with Crippen LogP contribution >= 0.6 is 11.6 Å². The lowest BCUT2D eigenvalue weighted by Crippen LogP contribution is -2.48. The van der Waals surface area contributed by atoms with Gasteiger partial charge in [0.05, 0.1) is 10.7 Å². The van der Waals surface area contributed by atoms with E-state index in [0.717, 1.165) is 56.0 Å². The molecule has 0 radical (unpaired) electrons. The number of carbonyl (C=O) groups excluding carboxylic acids is 1. The molecule has 0 aliphatic carbocycles. The zero-order valence-electron chi connectivity index (χ0n) is 19.2. The summed E-state index contributed by atoms with van der Waals surface area (Å²) in [5.74, 6) is 0.389. The summed E-state index contributed by atoms with van der Waals surface area (Å²) in [6.45, 7) is 4.88. The second-order valence-corrected chi connectivity index (χ2v) is 9.37. The Kier molecular flexibility index (Phi) is 6.29. The van der Waals surface area contributed by atoms with Crippen LogP contribution in [0.5, 0.6) is 5.75 Å². The number of piperazine rings is 1. The van der Waals surface area contributed by atoms with E-state index in [-0.39, 0.29) is 17.6 Å². The standard InChI is InChI=1S/C28H28ClN3O2/c1-19(33)31-14-16-32(17-15-31)22-10-8-21(9-11-22)28-23-4-2-3-5-25(23)30-26(28)12-6-20-7-13-27(34)24(29)18-20/h2-5,7-11,13,18,28,34H,6,12,14-17H2,1H3. The summed E-state index contributed by atoms with van der Waals surface area (Å²) in [5, 5.41) is 10.1. The number of fused-ring (bicyclic) bond motifs is 1. The average molecular weight is 474 g/mol. The minimum atomic E-state index is 0.108. The van der Waals surface area contributed by atoms with E-state index in [4.69, 9.17) is 16.6 Å². The lowest BCUT2D eigenvalue weighted by atomic mass is 9.86. The number of phenols is 1. The number of aliphatic imine (C=N–C) groups is 1.